The van der Waals surface area contributed by atoms with Gasteiger partial charge >= 0.3 is 0 Å². The Kier molecular flexibility index (Phi) is 6.98. The molecule has 0 aliphatic carbocycles. The van der Waals surface area contributed by atoms with Crippen LogP contribution in [0.5, 0.6) is 0 Å². The first-order valence-electron chi connectivity index (χ1n) is 9.06. The van der Waals surface area contributed by atoms with Crippen LogP contribution in [-0.2, 0) is 32.1 Å². The molecule has 0 aliphatic rings. The molecule has 0 amide bonds. The summed E-state index contributed by atoms with van der Waals surface area (Å²) in [6, 6.07) is 4.26. The van der Waals surface area contributed by atoms with Crippen LogP contribution < -0.4 is 11.5 Å². The molecule has 2 aromatic rings. The molecule has 2 aromatic carbocycles. The number of nitrogen functional groups attached to an aromatic ring is 2. The molecule has 4 heteroatoms. The van der Waals surface area contributed by atoms with E-state index < -0.39 is 0 Å². The highest BCUT2D eigenvalue weighted by molar-refractivity contribution is 9.11. The molecular formula is C21H28Br2N2. The standard InChI is InChI=1S/C21H28Br2N2/c1-5-14-12(10-18(24)20(22)16(14)7-3)9-13-11-19(25)21(23)17(8-4)15(13)6-2/h10-11H,5-9,24-25H2,1-4H3. The van der Waals surface area contributed by atoms with E-state index in [0.717, 1.165) is 52.4 Å². The van der Waals surface area contributed by atoms with E-state index in [9.17, 15) is 0 Å². The van der Waals surface area contributed by atoms with Crippen LogP contribution in [0.2, 0.25) is 0 Å². The van der Waals surface area contributed by atoms with Crippen molar-refractivity contribution < 1.29 is 0 Å². The molecule has 0 saturated heterocycles. The molecule has 0 fully saturated rings. The predicted molar refractivity (Wildman–Crippen MR) is 117 cm³/mol. The van der Waals surface area contributed by atoms with E-state index in [-0.39, 0.29) is 0 Å². The Morgan fingerprint density at radius 1 is 0.640 bits per heavy atom. The molecular weight excluding hydrogens is 440 g/mol. The number of hydrogen-bond acceptors (Lipinski definition) is 2. The van der Waals surface area contributed by atoms with Crippen LogP contribution in [0.25, 0.3) is 0 Å². The molecule has 0 spiro atoms. The van der Waals surface area contributed by atoms with Crippen LogP contribution in [-0.4, -0.2) is 0 Å². The van der Waals surface area contributed by atoms with Crippen molar-refractivity contribution in [3.63, 3.8) is 0 Å². The molecule has 25 heavy (non-hydrogen) atoms. The highest BCUT2D eigenvalue weighted by atomic mass is 79.9. The summed E-state index contributed by atoms with van der Waals surface area (Å²) in [7, 11) is 0. The molecule has 0 heterocycles. The highest BCUT2D eigenvalue weighted by Gasteiger charge is 2.17. The van der Waals surface area contributed by atoms with E-state index in [0.29, 0.717) is 0 Å². The summed E-state index contributed by atoms with van der Waals surface area (Å²) in [5.41, 5.74) is 22.3. The number of hydrogen-bond donors (Lipinski definition) is 2. The lowest BCUT2D eigenvalue weighted by Crippen LogP contribution is -2.08. The van der Waals surface area contributed by atoms with Gasteiger partial charge in [0.1, 0.15) is 0 Å². The summed E-state index contributed by atoms with van der Waals surface area (Å²) in [6.45, 7) is 8.81. The van der Waals surface area contributed by atoms with Crippen molar-refractivity contribution in [2.75, 3.05) is 11.5 Å². The molecule has 2 nitrogen and oxygen atoms in total. The normalized spacial score (nSPS) is 11.1. The molecule has 0 aliphatic heterocycles. The largest absolute Gasteiger partial charge is 0.398 e. The van der Waals surface area contributed by atoms with Crippen LogP contribution in [0, 0.1) is 0 Å². The molecule has 2 rings (SSSR count). The number of rotatable bonds is 6. The van der Waals surface area contributed by atoms with E-state index >= 15 is 0 Å². The summed E-state index contributed by atoms with van der Waals surface area (Å²) in [6.07, 6.45) is 4.84. The fraction of sp³-hybridized carbons (Fsp3) is 0.429. The van der Waals surface area contributed by atoms with E-state index in [1.54, 1.807) is 0 Å². The average molecular weight is 468 g/mol. The smallest absolute Gasteiger partial charge is 0.0464 e. The molecule has 0 saturated carbocycles. The van der Waals surface area contributed by atoms with E-state index in [4.69, 9.17) is 11.5 Å². The minimum absolute atomic E-state index is 0.822. The van der Waals surface area contributed by atoms with E-state index in [1.165, 1.54) is 33.4 Å². The minimum Gasteiger partial charge on any atom is -0.398 e. The Labute approximate surface area is 168 Å². The maximum absolute atomic E-state index is 6.28. The lowest BCUT2D eigenvalue weighted by molar-refractivity contribution is 0.959. The Bertz CT molecular complexity index is 717. The molecule has 136 valence electrons. The van der Waals surface area contributed by atoms with Gasteiger partial charge < -0.3 is 11.5 Å². The third kappa shape index (κ3) is 3.90. The second-order valence-corrected chi connectivity index (χ2v) is 7.97. The summed E-state index contributed by atoms with van der Waals surface area (Å²) in [5, 5.41) is 0. The fourth-order valence-electron chi connectivity index (χ4n) is 3.82. The van der Waals surface area contributed by atoms with Crippen molar-refractivity contribution in [2.24, 2.45) is 0 Å². The number of halogens is 2. The van der Waals surface area contributed by atoms with Crippen LogP contribution in [0.15, 0.2) is 21.1 Å². The molecule has 0 unspecified atom stereocenters. The first-order valence-corrected chi connectivity index (χ1v) is 10.6. The summed E-state index contributed by atoms with van der Waals surface area (Å²) < 4.78 is 2.10. The first kappa shape index (κ1) is 20.3. The van der Waals surface area contributed by atoms with Crippen molar-refractivity contribution in [3.05, 3.63) is 54.5 Å². The van der Waals surface area contributed by atoms with Gasteiger partial charge in [0.2, 0.25) is 0 Å². The fourth-order valence-corrected chi connectivity index (χ4v) is 5.08. The van der Waals surface area contributed by atoms with Crippen LogP contribution >= 0.6 is 31.9 Å². The molecule has 0 radical (unpaired) electrons. The van der Waals surface area contributed by atoms with E-state index in [1.807, 2.05) is 0 Å². The second-order valence-electron chi connectivity index (χ2n) is 6.38. The summed E-state index contributed by atoms with van der Waals surface area (Å²) in [4.78, 5) is 0. The minimum atomic E-state index is 0.822. The summed E-state index contributed by atoms with van der Waals surface area (Å²) in [5.74, 6) is 0. The molecule has 0 bridgehead atoms. The van der Waals surface area contributed by atoms with Gasteiger partial charge in [0, 0.05) is 20.3 Å². The highest BCUT2D eigenvalue weighted by Crippen LogP contribution is 2.36. The van der Waals surface area contributed by atoms with Crippen molar-refractivity contribution in [1.82, 2.24) is 0 Å². The second kappa shape index (κ2) is 8.59. The molecule has 0 atom stereocenters. The van der Waals surface area contributed by atoms with Gasteiger partial charge in [-0.15, -0.1) is 0 Å². The summed E-state index contributed by atoms with van der Waals surface area (Å²) >= 11 is 7.35. The Hall–Kier alpha value is -1.00. The van der Waals surface area contributed by atoms with Gasteiger partial charge in [0.15, 0.2) is 0 Å². The zero-order valence-electron chi connectivity index (χ0n) is 15.6. The average Bonchev–Trinajstić information content (AvgIpc) is 2.60. The van der Waals surface area contributed by atoms with Gasteiger partial charge in [-0.3, -0.25) is 0 Å². The van der Waals surface area contributed by atoms with Gasteiger partial charge in [-0.1, -0.05) is 27.7 Å². The first-order chi connectivity index (χ1) is 11.9. The van der Waals surface area contributed by atoms with Gasteiger partial charge in [0.05, 0.1) is 0 Å². The van der Waals surface area contributed by atoms with Gasteiger partial charge in [0.25, 0.3) is 0 Å². The maximum Gasteiger partial charge on any atom is 0.0464 e. The van der Waals surface area contributed by atoms with Gasteiger partial charge in [-0.05, 0) is 109 Å². The number of anilines is 2. The Morgan fingerprint density at radius 3 is 1.24 bits per heavy atom. The predicted octanol–water partition coefficient (Wildman–Crippen LogP) is 6.22. The molecule has 0 aromatic heterocycles. The monoisotopic (exact) mass is 466 g/mol. The van der Waals surface area contributed by atoms with Crippen LogP contribution in [0.4, 0.5) is 11.4 Å². The third-order valence-corrected chi connectivity index (χ3v) is 6.87. The van der Waals surface area contributed by atoms with Gasteiger partial charge in [-0.25, -0.2) is 0 Å². The Morgan fingerprint density at radius 2 is 0.960 bits per heavy atom. The number of nitrogens with two attached hydrogens (primary N) is 2. The van der Waals surface area contributed by atoms with Gasteiger partial charge in [-0.2, -0.15) is 0 Å². The lowest BCUT2D eigenvalue weighted by atomic mass is 9.88. The van der Waals surface area contributed by atoms with E-state index in [2.05, 4.69) is 71.7 Å². The third-order valence-electron chi connectivity index (χ3n) is 5.00. The van der Waals surface area contributed by atoms with Crippen molar-refractivity contribution in [3.8, 4) is 0 Å². The zero-order valence-corrected chi connectivity index (χ0v) is 18.8. The SMILES string of the molecule is CCc1c(Cc2cc(N)c(Br)c(CC)c2CC)cc(N)c(Br)c1CC. The zero-order chi connectivity index (χ0) is 18.7. The van der Waals surface area contributed by atoms with Crippen molar-refractivity contribution >= 4 is 43.2 Å². The quantitative estimate of drug-likeness (QED) is 0.495. The maximum atomic E-state index is 6.28. The topological polar surface area (TPSA) is 52.0 Å². The van der Waals surface area contributed by atoms with Crippen molar-refractivity contribution in [1.29, 1.82) is 0 Å². The lowest BCUT2D eigenvalue weighted by Gasteiger charge is -2.20. The molecule has 4 N–H and O–H groups in total. The number of benzene rings is 2. The van der Waals surface area contributed by atoms with Crippen LogP contribution in [0.3, 0.4) is 0 Å². The van der Waals surface area contributed by atoms with Crippen LogP contribution in [0.1, 0.15) is 61.1 Å². The van der Waals surface area contributed by atoms with Crippen molar-refractivity contribution in [2.45, 2.75) is 59.8 Å². The Balaban J connectivity index is 2.65.